The smallest absolute Gasteiger partial charge is 0.340 e. The Bertz CT molecular complexity index is 851. The monoisotopic (exact) mass is 319 g/mol. The van der Waals surface area contributed by atoms with E-state index in [1.165, 1.54) is 0 Å². The molecular weight excluding hydrogens is 302 g/mol. The lowest BCUT2D eigenvalue weighted by atomic mass is 10.1. The number of hydrogen-bond donors (Lipinski definition) is 1. The van der Waals surface area contributed by atoms with Crippen molar-refractivity contribution in [2.24, 2.45) is 0 Å². The Morgan fingerprint density at radius 1 is 0.958 bits per heavy atom. The average Bonchev–Trinajstić information content (AvgIpc) is 3.08. The molecule has 0 saturated heterocycles. The van der Waals surface area contributed by atoms with Crippen LogP contribution in [0.1, 0.15) is 33.3 Å². The van der Waals surface area contributed by atoms with E-state index < -0.39 is 5.97 Å². The third-order valence-corrected chi connectivity index (χ3v) is 3.66. The fourth-order valence-electron chi connectivity index (χ4n) is 2.52. The zero-order valence-corrected chi connectivity index (χ0v) is 13.3. The van der Waals surface area contributed by atoms with E-state index in [9.17, 15) is 9.59 Å². The fourth-order valence-corrected chi connectivity index (χ4v) is 2.52. The van der Waals surface area contributed by atoms with Crippen molar-refractivity contribution in [2.45, 2.75) is 6.92 Å². The number of aromatic amines is 1. The molecule has 1 N–H and O–H groups in total. The standard InChI is InChI=1S/C20H17NO3/c1-2-24-20(23)16-13-17(19(22)15-11-7-4-8-12-15)21-18(16)14-9-5-3-6-10-14/h3-13,21H,2H2,1H3. The van der Waals surface area contributed by atoms with Gasteiger partial charge in [0, 0.05) is 5.56 Å². The Morgan fingerprint density at radius 2 is 1.58 bits per heavy atom. The predicted molar refractivity (Wildman–Crippen MR) is 92.1 cm³/mol. The first kappa shape index (κ1) is 15.7. The van der Waals surface area contributed by atoms with Gasteiger partial charge in [0.15, 0.2) is 0 Å². The van der Waals surface area contributed by atoms with Gasteiger partial charge >= 0.3 is 5.97 Å². The van der Waals surface area contributed by atoms with Gasteiger partial charge in [-0.2, -0.15) is 0 Å². The van der Waals surface area contributed by atoms with Gasteiger partial charge in [-0.05, 0) is 18.6 Å². The summed E-state index contributed by atoms with van der Waals surface area (Å²) in [5, 5.41) is 0. The summed E-state index contributed by atoms with van der Waals surface area (Å²) < 4.78 is 5.12. The van der Waals surface area contributed by atoms with Gasteiger partial charge in [-0.1, -0.05) is 60.7 Å². The third kappa shape index (κ3) is 3.13. The van der Waals surface area contributed by atoms with Crippen LogP contribution < -0.4 is 0 Å². The maximum absolute atomic E-state index is 12.6. The summed E-state index contributed by atoms with van der Waals surface area (Å²) in [6.45, 7) is 2.03. The van der Waals surface area contributed by atoms with Crippen molar-refractivity contribution in [3.63, 3.8) is 0 Å². The Kier molecular flexibility index (Phi) is 4.57. The Balaban J connectivity index is 2.06. The van der Waals surface area contributed by atoms with Crippen LogP contribution >= 0.6 is 0 Å². The molecule has 0 fully saturated rings. The number of carbonyl (C=O) groups excluding carboxylic acids is 2. The predicted octanol–water partition coefficient (Wildman–Crippen LogP) is 4.09. The van der Waals surface area contributed by atoms with Crippen molar-refractivity contribution in [3.8, 4) is 11.3 Å². The first-order valence-electron chi connectivity index (χ1n) is 7.76. The lowest BCUT2D eigenvalue weighted by Crippen LogP contribution is -2.05. The second-order valence-electron chi connectivity index (χ2n) is 5.25. The van der Waals surface area contributed by atoms with E-state index in [-0.39, 0.29) is 12.4 Å². The Labute approximate surface area is 140 Å². The molecule has 1 aromatic heterocycles. The normalized spacial score (nSPS) is 10.4. The van der Waals surface area contributed by atoms with Crippen molar-refractivity contribution in [2.75, 3.05) is 6.61 Å². The molecule has 0 bridgehead atoms. The molecule has 0 spiro atoms. The highest BCUT2D eigenvalue weighted by Crippen LogP contribution is 2.25. The highest BCUT2D eigenvalue weighted by Gasteiger charge is 2.21. The zero-order valence-electron chi connectivity index (χ0n) is 13.3. The van der Waals surface area contributed by atoms with Crippen molar-refractivity contribution < 1.29 is 14.3 Å². The number of benzene rings is 2. The zero-order chi connectivity index (χ0) is 16.9. The van der Waals surface area contributed by atoms with E-state index in [4.69, 9.17) is 4.74 Å². The van der Waals surface area contributed by atoms with E-state index in [0.717, 1.165) is 5.56 Å². The van der Waals surface area contributed by atoms with Crippen molar-refractivity contribution in [1.82, 2.24) is 4.98 Å². The fraction of sp³-hybridized carbons (Fsp3) is 0.100. The topological polar surface area (TPSA) is 59.2 Å². The van der Waals surface area contributed by atoms with Crippen LogP contribution in [0, 0.1) is 0 Å². The number of aromatic nitrogens is 1. The molecule has 0 unspecified atom stereocenters. The first-order valence-corrected chi connectivity index (χ1v) is 7.76. The largest absolute Gasteiger partial charge is 0.462 e. The van der Waals surface area contributed by atoms with Crippen LogP contribution in [0.4, 0.5) is 0 Å². The molecule has 4 heteroatoms. The van der Waals surface area contributed by atoms with Crippen molar-refractivity contribution in [3.05, 3.63) is 83.6 Å². The number of carbonyl (C=O) groups is 2. The summed E-state index contributed by atoms with van der Waals surface area (Å²) in [6, 6.07) is 19.9. The van der Waals surface area contributed by atoms with E-state index in [1.54, 1.807) is 37.3 Å². The van der Waals surface area contributed by atoms with Crippen LogP contribution in [0.2, 0.25) is 0 Å². The van der Waals surface area contributed by atoms with E-state index >= 15 is 0 Å². The Hall–Kier alpha value is -3.14. The van der Waals surface area contributed by atoms with Gasteiger partial charge in [0.25, 0.3) is 0 Å². The maximum atomic E-state index is 12.6. The molecule has 0 amide bonds. The van der Waals surface area contributed by atoms with Gasteiger partial charge in [-0.3, -0.25) is 4.79 Å². The first-order chi connectivity index (χ1) is 11.7. The maximum Gasteiger partial charge on any atom is 0.340 e. The molecule has 0 atom stereocenters. The highest BCUT2D eigenvalue weighted by molar-refractivity contribution is 6.10. The lowest BCUT2D eigenvalue weighted by molar-refractivity contribution is 0.0527. The summed E-state index contributed by atoms with van der Waals surface area (Å²) in [5.41, 5.74) is 2.71. The van der Waals surface area contributed by atoms with Gasteiger partial charge in [0.05, 0.1) is 23.6 Å². The molecule has 2 aromatic carbocycles. The minimum atomic E-state index is -0.445. The number of rotatable bonds is 5. The van der Waals surface area contributed by atoms with Crippen LogP contribution in [-0.4, -0.2) is 23.3 Å². The molecule has 3 aromatic rings. The minimum absolute atomic E-state index is 0.164. The highest BCUT2D eigenvalue weighted by atomic mass is 16.5. The molecule has 0 radical (unpaired) electrons. The molecule has 1 heterocycles. The van der Waals surface area contributed by atoms with Gasteiger partial charge in [0.1, 0.15) is 0 Å². The Morgan fingerprint density at radius 3 is 2.21 bits per heavy atom. The molecule has 24 heavy (non-hydrogen) atoms. The molecule has 4 nitrogen and oxygen atoms in total. The number of ketones is 1. The summed E-state index contributed by atoms with van der Waals surface area (Å²) in [6.07, 6.45) is 0. The van der Waals surface area contributed by atoms with Gasteiger partial charge in [0.2, 0.25) is 5.78 Å². The lowest BCUT2D eigenvalue weighted by Gasteiger charge is -2.03. The average molecular weight is 319 g/mol. The number of esters is 1. The number of ether oxygens (including phenoxy) is 1. The molecule has 120 valence electrons. The summed E-state index contributed by atoms with van der Waals surface area (Å²) in [4.78, 5) is 28.0. The van der Waals surface area contributed by atoms with Crippen LogP contribution in [-0.2, 0) is 4.74 Å². The van der Waals surface area contributed by atoms with Crippen molar-refractivity contribution in [1.29, 1.82) is 0 Å². The van der Waals surface area contributed by atoms with Crippen LogP contribution in [0.3, 0.4) is 0 Å². The molecule has 0 aliphatic rings. The number of nitrogens with one attached hydrogen (secondary N) is 1. The summed E-state index contributed by atoms with van der Waals surface area (Å²) in [7, 11) is 0. The van der Waals surface area contributed by atoms with Crippen LogP contribution in [0.5, 0.6) is 0 Å². The SMILES string of the molecule is CCOC(=O)c1cc(C(=O)c2ccccc2)[nH]c1-c1ccccc1. The second kappa shape index (κ2) is 6.96. The van der Waals surface area contributed by atoms with Crippen LogP contribution in [0.25, 0.3) is 11.3 Å². The van der Waals surface area contributed by atoms with Crippen LogP contribution in [0.15, 0.2) is 66.7 Å². The molecule has 0 saturated carbocycles. The van der Waals surface area contributed by atoms with E-state index in [2.05, 4.69) is 4.98 Å². The number of hydrogen-bond acceptors (Lipinski definition) is 3. The number of H-pyrrole nitrogens is 1. The van der Waals surface area contributed by atoms with Gasteiger partial charge in [-0.25, -0.2) is 4.79 Å². The minimum Gasteiger partial charge on any atom is -0.462 e. The molecule has 3 rings (SSSR count). The molecule has 0 aliphatic heterocycles. The van der Waals surface area contributed by atoms with Crippen molar-refractivity contribution >= 4 is 11.8 Å². The third-order valence-electron chi connectivity index (χ3n) is 3.66. The quantitative estimate of drug-likeness (QED) is 0.569. The molecular formula is C20H17NO3. The van der Waals surface area contributed by atoms with Gasteiger partial charge < -0.3 is 9.72 Å². The van der Waals surface area contributed by atoms with E-state index in [0.29, 0.717) is 22.5 Å². The summed E-state index contributed by atoms with van der Waals surface area (Å²) in [5.74, 6) is -0.608. The summed E-state index contributed by atoms with van der Waals surface area (Å²) >= 11 is 0. The second-order valence-corrected chi connectivity index (χ2v) is 5.25. The van der Waals surface area contributed by atoms with Gasteiger partial charge in [-0.15, -0.1) is 0 Å². The molecule has 0 aliphatic carbocycles. The van der Waals surface area contributed by atoms with E-state index in [1.807, 2.05) is 36.4 Å².